The first-order chi connectivity index (χ1) is 10.2. The molecule has 2 heterocycles. The van der Waals surface area contributed by atoms with Crippen molar-refractivity contribution in [2.24, 2.45) is 0 Å². The van der Waals surface area contributed by atoms with Crippen molar-refractivity contribution < 1.29 is 4.74 Å². The van der Waals surface area contributed by atoms with Crippen LogP contribution in [0.25, 0.3) is 0 Å². The Hall–Kier alpha value is -1.85. The molecule has 1 fully saturated rings. The van der Waals surface area contributed by atoms with E-state index in [1.54, 1.807) is 12.5 Å². The summed E-state index contributed by atoms with van der Waals surface area (Å²) in [4.78, 5) is 4.01. The Morgan fingerprint density at radius 2 is 1.86 bits per heavy atom. The number of hydrazine groups is 1. The molecule has 0 aliphatic carbocycles. The zero-order valence-corrected chi connectivity index (χ0v) is 12.5. The highest BCUT2D eigenvalue weighted by atomic mass is 16.5. The van der Waals surface area contributed by atoms with Gasteiger partial charge in [-0.25, -0.2) is 4.98 Å². The minimum Gasteiger partial charge on any atom is -0.492 e. The average molecular weight is 286 g/mol. The SMILES string of the molecule is CC1NNC(C)C1c1ccc(OCCn2ccnc2)cc1. The van der Waals surface area contributed by atoms with E-state index in [1.807, 2.05) is 10.8 Å². The van der Waals surface area contributed by atoms with Crippen LogP contribution in [0.2, 0.25) is 0 Å². The van der Waals surface area contributed by atoms with Crippen molar-refractivity contribution in [3.05, 3.63) is 48.5 Å². The Balaban J connectivity index is 1.56. The maximum atomic E-state index is 5.77. The molecule has 2 N–H and O–H groups in total. The second-order valence-electron chi connectivity index (χ2n) is 5.61. The molecule has 1 saturated heterocycles. The lowest BCUT2D eigenvalue weighted by Gasteiger charge is -2.18. The lowest BCUT2D eigenvalue weighted by molar-refractivity contribution is 0.298. The van der Waals surface area contributed by atoms with E-state index < -0.39 is 0 Å². The number of nitrogens with zero attached hydrogens (tertiary/aromatic N) is 2. The molecule has 1 aliphatic heterocycles. The van der Waals surface area contributed by atoms with Gasteiger partial charge in [0.25, 0.3) is 0 Å². The van der Waals surface area contributed by atoms with E-state index in [9.17, 15) is 0 Å². The van der Waals surface area contributed by atoms with Gasteiger partial charge in [-0.1, -0.05) is 12.1 Å². The van der Waals surface area contributed by atoms with E-state index in [2.05, 4.69) is 53.9 Å². The molecule has 1 aromatic carbocycles. The summed E-state index contributed by atoms with van der Waals surface area (Å²) in [6, 6.07) is 9.32. The lowest BCUT2D eigenvalue weighted by Crippen LogP contribution is -2.30. The molecular weight excluding hydrogens is 264 g/mol. The van der Waals surface area contributed by atoms with Crippen LogP contribution < -0.4 is 15.6 Å². The molecule has 0 amide bonds. The normalized spacial score (nSPS) is 25.1. The molecule has 2 aromatic rings. The number of imidazole rings is 1. The van der Waals surface area contributed by atoms with Crippen molar-refractivity contribution in [3.63, 3.8) is 0 Å². The van der Waals surface area contributed by atoms with Crippen LogP contribution in [-0.2, 0) is 6.54 Å². The fraction of sp³-hybridized carbons (Fsp3) is 0.438. The predicted octanol–water partition coefficient (Wildman–Crippen LogP) is 1.93. The van der Waals surface area contributed by atoms with Crippen molar-refractivity contribution in [3.8, 4) is 5.75 Å². The number of hydrogen-bond acceptors (Lipinski definition) is 4. The van der Waals surface area contributed by atoms with Crippen molar-refractivity contribution in [1.29, 1.82) is 0 Å². The summed E-state index contributed by atoms with van der Waals surface area (Å²) in [7, 11) is 0. The molecule has 1 aliphatic rings. The summed E-state index contributed by atoms with van der Waals surface area (Å²) in [6.07, 6.45) is 5.52. The second kappa shape index (κ2) is 6.28. The van der Waals surface area contributed by atoms with Crippen molar-refractivity contribution in [1.82, 2.24) is 20.4 Å². The molecule has 1 aromatic heterocycles. The highest BCUT2D eigenvalue weighted by Gasteiger charge is 2.30. The van der Waals surface area contributed by atoms with Gasteiger partial charge in [0.2, 0.25) is 0 Å². The summed E-state index contributed by atoms with van der Waals surface area (Å²) in [5.74, 6) is 1.41. The molecule has 5 nitrogen and oxygen atoms in total. The van der Waals surface area contributed by atoms with Gasteiger partial charge in [0.05, 0.1) is 12.9 Å². The van der Waals surface area contributed by atoms with E-state index >= 15 is 0 Å². The molecule has 0 saturated carbocycles. The highest BCUT2D eigenvalue weighted by Crippen LogP contribution is 2.28. The predicted molar refractivity (Wildman–Crippen MR) is 82.1 cm³/mol. The van der Waals surface area contributed by atoms with E-state index in [4.69, 9.17) is 4.74 Å². The number of rotatable bonds is 5. The fourth-order valence-corrected chi connectivity index (χ4v) is 2.93. The van der Waals surface area contributed by atoms with Crippen LogP contribution in [0.5, 0.6) is 5.75 Å². The summed E-state index contributed by atoms with van der Waals surface area (Å²) in [5.41, 5.74) is 7.93. The van der Waals surface area contributed by atoms with Gasteiger partial charge in [0.15, 0.2) is 0 Å². The quantitative estimate of drug-likeness (QED) is 0.882. The first-order valence-corrected chi connectivity index (χ1v) is 7.43. The highest BCUT2D eigenvalue weighted by molar-refractivity contribution is 5.31. The summed E-state index contributed by atoms with van der Waals surface area (Å²) in [5, 5.41) is 0. The Kier molecular flexibility index (Phi) is 4.22. The van der Waals surface area contributed by atoms with Crippen LogP contribution in [-0.4, -0.2) is 28.2 Å². The first kappa shape index (κ1) is 14.1. The van der Waals surface area contributed by atoms with Gasteiger partial charge in [0.1, 0.15) is 12.4 Å². The smallest absolute Gasteiger partial charge is 0.119 e. The van der Waals surface area contributed by atoms with Crippen molar-refractivity contribution >= 4 is 0 Å². The molecule has 0 spiro atoms. The van der Waals surface area contributed by atoms with Crippen LogP contribution >= 0.6 is 0 Å². The van der Waals surface area contributed by atoms with Gasteiger partial charge in [-0.15, -0.1) is 0 Å². The number of aromatic nitrogens is 2. The Morgan fingerprint density at radius 1 is 1.14 bits per heavy atom. The summed E-state index contributed by atoms with van der Waals surface area (Å²) in [6.45, 7) is 5.87. The Morgan fingerprint density at radius 3 is 2.48 bits per heavy atom. The van der Waals surface area contributed by atoms with Crippen LogP contribution in [0.15, 0.2) is 43.0 Å². The van der Waals surface area contributed by atoms with Crippen LogP contribution in [0, 0.1) is 0 Å². The molecule has 2 atom stereocenters. The van der Waals surface area contributed by atoms with Gasteiger partial charge in [-0.05, 0) is 31.5 Å². The van der Waals surface area contributed by atoms with Gasteiger partial charge in [-0.2, -0.15) is 0 Å². The zero-order valence-electron chi connectivity index (χ0n) is 12.5. The molecular formula is C16H22N4O. The van der Waals surface area contributed by atoms with E-state index in [0.29, 0.717) is 24.6 Å². The Bertz CT molecular complexity index is 542. The third-order valence-electron chi connectivity index (χ3n) is 4.06. The zero-order chi connectivity index (χ0) is 14.7. The van der Waals surface area contributed by atoms with Gasteiger partial charge < -0.3 is 9.30 Å². The average Bonchev–Trinajstić information content (AvgIpc) is 3.11. The standard InChI is InChI=1S/C16H22N4O/c1-12-16(13(2)19-18-12)14-3-5-15(6-4-14)21-10-9-20-8-7-17-11-20/h3-8,11-13,16,18-19H,9-10H2,1-2H3. The van der Waals surface area contributed by atoms with Gasteiger partial charge >= 0.3 is 0 Å². The number of ether oxygens (including phenoxy) is 1. The van der Waals surface area contributed by atoms with E-state index in [0.717, 1.165) is 12.3 Å². The third kappa shape index (κ3) is 3.25. The molecule has 112 valence electrons. The largest absolute Gasteiger partial charge is 0.492 e. The third-order valence-corrected chi connectivity index (χ3v) is 4.06. The minimum absolute atomic E-state index is 0.438. The lowest BCUT2D eigenvalue weighted by atomic mass is 9.89. The second-order valence-corrected chi connectivity index (χ2v) is 5.61. The summed E-state index contributed by atoms with van der Waals surface area (Å²) < 4.78 is 7.78. The number of hydrogen-bond donors (Lipinski definition) is 2. The number of benzene rings is 1. The van der Waals surface area contributed by atoms with E-state index in [-0.39, 0.29) is 0 Å². The maximum Gasteiger partial charge on any atom is 0.119 e. The van der Waals surface area contributed by atoms with Gasteiger partial charge in [-0.3, -0.25) is 10.9 Å². The molecule has 5 heteroatoms. The molecule has 21 heavy (non-hydrogen) atoms. The minimum atomic E-state index is 0.438. The topological polar surface area (TPSA) is 51.1 Å². The first-order valence-electron chi connectivity index (χ1n) is 7.43. The maximum absolute atomic E-state index is 5.77. The van der Waals surface area contributed by atoms with Gasteiger partial charge in [0, 0.05) is 30.4 Å². The Labute approximate surface area is 125 Å². The molecule has 3 rings (SSSR count). The number of nitrogens with one attached hydrogen (secondary N) is 2. The van der Waals surface area contributed by atoms with Crippen LogP contribution in [0.4, 0.5) is 0 Å². The molecule has 2 unspecified atom stereocenters. The summed E-state index contributed by atoms with van der Waals surface area (Å²) >= 11 is 0. The van der Waals surface area contributed by atoms with Crippen molar-refractivity contribution in [2.75, 3.05) is 6.61 Å². The molecule has 0 radical (unpaired) electrons. The molecule has 0 bridgehead atoms. The van der Waals surface area contributed by atoms with Crippen LogP contribution in [0.3, 0.4) is 0 Å². The van der Waals surface area contributed by atoms with E-state index in [1.165, 1.54) is 5.56 Å². The monoisotopic (exact) mass is 286 g/mol. The van der Waals surface area contributed by atoms with Crippen LogP contribution in [0.1, 0.15) is 25.3 Å². The fourth-order valence-electron chi connectivity index (χ4n) is 2.93. The van der Waals surface area contributed by atoms with Crippen molar-refractivity contribution in [2.45, 2.75) is 38.4 Å².